The second-order valence-corrected chi connectivity index (χ2v) is 5.67. The van der Waals surface area contributed by atoms with Crippen LogP contribution in [0.3, 0.4) is 0 Å². The van der Waals surface area contributed by atoms with Crippen LogP contribution in [0.1, 0.15) is 33.1 Å². The molecule has 3 N–H and O–H groups in total. The Hall–Kier alpha value is 0.270. The van der Waals surface area contributed by atoms with Gasteiger partial charge in [0.2, 0.25) is 0 Å². The number of hydrazine groups is 1. The van der Waals surface area contributed by atoms with Crippen molar-refractivity contribution in [2.75, 3.05) is 12.0 Å². The second-order valence-electron chi connectivity index (χ2n) is 4.76. The summed E-state index contributed by atoms with van der Waals surface area (Å²) in [4.78, 5) is 0. The number of rotatable bonds is 4. The van der Waals surface area contributed by atoms with Crippen LogP contribution in [-0.4, -0.2) is 18.1 Å². The van der Waals surface area contributed by atoms with Crippen molar-refractivity contribution in [1.82, 2.24) is 5.43 Å². The van der Waals surface area contributed by atoms with Crippen LogP contribution in [0.15, 0.2) is 0 Å². The third-order valence-electron chi connectivity index (χ3n) is 3.77. The maximum atomic E-state index is 5.61. The molecule has 4 atom stereocenters. The van der Waals surface area contributed by atoms with Gasteiger partial charge in [-0.25, -0.2) is 0 Å². The molecule has 2 nitrogen and oxygen atoms in total. The third-order valence-corrected chi connectivity index (χ3v) is 4.46. The summed E-state index contributed by atoms with van der Waals surface area (Å²) < 4.78 is 0. The molecule has 0 aromatic carbocycles. The molecular weight excluding hydrogens is 192 g/mol. The first-order chi connectivity index (χ1) is 6.69. The Kier molecular flexibility index (Phi) is 5.28. The maximum Gasteiger partial charge on any atom is 0.0329 e. The van der Waals surface area contributed by atoms with Gasteiger partial charge in [0.15, 0.2) is 0 Å². The lowest BCUT2D eigenvalue weighted by atomic mass is 9.73. The van der Waals surface area contributed by atoms with Crippen molar-refractivity contribution in [1.29, 1.82) is 0 Å². The van der Waals surface area contributed by atoms with Gasteiger partial charge in [-0.15, -0.1) is 0 Å². The average Bonchev–Trinajstić information content (AvgIpc) is 2.19. The molecule has 1 aliphatic carbocycles. The molecule has 0 heterocycles. The molecule has 0 saturated heterocycles. The highest BCUT2D eigenvalue weighted by Gasteiger charge is 2.29. The highest BCUT2D eigenvalue weighted by molar-refractivity contribution is 7.98. The van der Waals surface area contributed by atoms with Gasteiger partial charge in [-0.05, 0) is 36.9 Å². The molecule has 1 saturated carbocycles. The van der Waals surface area contributed by atoms with Crippen molar-refractivity contribution in [3.8, 4) is 0 Å². The minimum Gasteiger partial charge on any atom is -0.271 e. The Labute approximate surface area is 92.4 Å². The molecule has 1 aliphatic rings. The lowest BCUT2D eigenvalue weighted by Crippen LogP contribution is -2.44. The van der Waals surface area contributed by atoms with E-state index in [4.69, 9.17) is 5.84 Å². The number of nitrogens with two attached hydrogens (primary N) is 1. The standard InChI is InChI=1S/C11H24N2S/c1-8-4-5-10(6-9(8)2)11(13-12)7-14-3/h8-11,13H,4-7,12H2,1-3H3. The van der Waals surface area contributed by atoms with Gasteiger partial charge >= 0.3 is 0 Å². The first-order valence-corrected chi connectivity index (χ1v) is 7.03. The van der Waals surface area contributed by atoms with Crippen LogP contribution < -0.4 is 11.3 Å². The van der Waals surface area contributed by atoms with Crippen LogP contribution in [0.2, 0.25) is 0 Å². The molecule has 0 radical (unpaired) electrons. The number of hydrogen-bond donors (Lipinski definition) is 2. The Morgan fingerprint density at radius 1 is 1.36 bits per heavy atom. The third kappa shape index (κ3) is 3.14. The predicted octanol–water partition coefficient (Wildman–Crippen LogP) is 2.25. The molecular formula is C11H24N2S. The smallest absolute Gasteiger partial charge is 0.0329 e. The van der Waals surface area contributed by atoms with Gasteiger partial charge < -0.3 is 0 Å². The summed E-state index contributed by atoms with van der Waals surface area (Å²) in [5.74, 6) is 9.31. The first kappa shape index (κ1) is 12.3. The highest BCUT2D eigenvalue weighted by atomic mass is 32.2. The largest absolute Gasteiger partial charge is 0.271 e. The van der Waals surface area contributed by atoms with E-state index in [0.717, 1.165) is 23.5 Å². The molecule has 0 aromatic heterocycles. The molecule has 0 aliphatic heterocycles. The van der Waals surface area contributed by atoms with E-state index in [1.54, 1.807) is 0 Å². The lowest BCUT2D eigenvalue weighted by Gasteiger charge is -2.36. The minimum absolute atomic E-state index is 0.514. The molecule has 0 aromatic rings. The fraction of sp³-hybridized carbons (Fsp3) is 1.00. The zero-order valence-electron chi connectivity index (χ0n) is 9.62. The van der Waals surface area contributed by atoms with Gasteiger partial charge in [0.05, 0.1) is 0 Å². The van der Waals surface area contributed by atoms with E-state index >= 15 is 0 Å². The zero-order chi connectivity index (χ0) is 10.6. The van der Waals surface area contributed by atoms with E-state index in [1.807, 2.05) is 11.8 Å². The number of thioether (sulfide) groups is 1. The maximum absolute atomic E-state index is 5.61. The Morgan fingerprint density at radius 3 is 2.57 bits per heavy atom. The molecule has 1 rings (SSSR count). The molecule has 14 heavy (non-hydrogen) atoms. The molecule has 4 unspecified atom stereocenters. The van der Waals surface area contributed by atoms with Crippen LogP contribution in [0.4, 0.5) is 0 Å². The van der Waals surface area contributed by atoms with Crippen LogP contribution in [-0.2, 0) is 0 Å². The van der Waals surface area contributed by atoms with E-state index in [-0.39, 0.29) is 0 Å². The highest BCUT2D eigenvalue weighted by Crippen LogP contribution is 2.35. The van der Waals surface area contributed by atoms with Gasteiger partial charge in [0, 0.05) is 11.8 Å². The Morgan fingerprint density at radius 2 is 2.07 bits per heavy atom. The number of nitrogens with one attached hydrogen (secondary N) is 1. The molecule has 1 fully saturated rings. The summed E-state index contributed by atoms with van der Waals surface area (Å²) >= 11 is 1.89. The summed E-state index contributed by atoms with van der Waals surface area (Å²) in [5.41, 5.74) is 2.99. The monoisotopic (exact) mass is 216 g/mol. The normalized spacial score (nSPS) is 35.6. The molecule has 0 amide bonds. The summed E-state index contributed by atoms with van der Waals surface area (Å²) in [7, 11) is 0. The Balaban J connectivity index is 2.43. The molecule has 0 spiro atoms. The van der Waals surface area contributed by atoms with Crippen LogP contribution in [0, 0.1) is 17.8 Å². The van der Waals surface area contributed by atoms with Gasteiger partial charge in [-0.3, -0.25) is 11.3 Å². The summed E-state index contributed by atoms with van der Waals surface area (Å²) in [6.07, 6.45) is 6.22. The van der Waals surface area contributed by atoms with Crippen LogP contribution in [0.25, 0.3) is 0 Å². The summed E-state index contributed by atoms with van der Waals surface area (Å²) in [5, 5.41) is 0. The molecule has 84 valence electrons. The minimum atomic E-state index is 0.514. The second kappa shape index (κ2) is 5.99. The van der Waals surface area contributed by atoms with Gasteiger partial charge in [-0.1, -0.05) is 20.3 Å². The fourth-order valence-corrected chi connectivity index (χ4v) is 3.18. The zero-order valence-corrected chi connectivity index (χ0v) is 10.4. The lowest BCUT2D eigenvalue weighted by molar-refractivity contribution is 0.179. The molecule has 3 heteroatoms. The van der Waals surface area contributed by atoms with Crippen LogP contribution in [0.5, 0.6) is 0 Å². The van der Waals surface area contributed by atoms with E-state index in [0.29, 0.717) is 6.04 Å². The van der Waals surface area contributed by atoms with Crippen molar-refractivity contribution >= 4 is 11.8 Å². The van der Waals surface area contributed by atoms with Gasteiger partial charge in [0.25, 0.3) is 0 Å². The number of hydrogen-bond acceptors (Lipinski definition) is 3. The SMILES string of the molecule is CSCC(NN)C1CCC(C)C(C)C1. The Bertz CT molecular complexity index is 163. The van der Waals surface area contributed by atoms with Gasteiger partial charge in [0.1, 0.15) is 0 Å². The first-order valence-electron chi connectivity index (χ1n) is 5.64. The van der Waals surface area contributed by atoms with Crippen molar-refractivity contribution in [2.24, 2.45) is 23.6 Å². The van der Waals surface area contributed by atoms with Crippen molar-refractivity contribution in [3.05, 3.63) is 0 Å². The fourth-order valence-electron chi connectivity index (χ4n) is 2.45. The quantitative estimate of drug-likeness (QED) is 0.559. The van der Waals surface area contributed by atoms with E-state index in [1.165, 1.54) is 19.3 Å². The van der Waals surface area contributed by atoms with Crippen LogP contribution >= 0.6 is 11.8 Å². The topological polar surface area (TPSA) is 38.0 Å². The van der Waals surface area contributed by atoms with Gasteiger partial charge in [-0.2, -0.15) is 11.8 Å². The van der Waals surface area contributed by atoms with Crippen molar-refractivity contribution < 1.29 is 0 Å². The van der Waals surface area contributed by atoms with E-state index in [9.17, 15) is 0 Å². The predicted molar refractivity (Wildman–Crippen MR) is 65.2 cm³/mol. The summed E-state index contributed by atoms with van der Waals surface area (Å²) in [6.45, 7) is 4.75. The van der Waals surface area contributed by atoms with E-state index < -0.39 is 0 Å². The van der Waals surface area contributed by atoms with E-state index in [2.05, 4.69) is 25.5 Å². The summed E-state index contributed by atoms with van der Waals surface area (Å²) in [6, 6.07) is 0.514. The molecule has 0 bridgehead atoms. The van der Waals surface area contributed by atoms with Crippen molar-refractivity contribution in [3.63, 3.8) is 0 Å². The average molecular weight is 216 g/mol. The van der Waals surface area contributed by atoms with Crippen molar-refractivity contribution in [2.45, 2.75) is 39.2 Å².